The van der Waals surface area contributed by atoms with Crippen LogP contribution in [0.3, 0.4) is 0 Å². The summed E-state index contributed by atoms with van der Waals surface area (Å²) in [4.78, 5) is 14.4. The van der Waals surface area contributed by atoms with Crippen LogP contribution in [0.25, 0.3) is 0 Å². The smallest absolute Gasteiger partial charge is 0.254 e. The van der Waals surface area contributed by atoms with Gasteiger partial charge in [-0.2, -0.15) is 0 Å². The lowest BCUT2D eigenvalue weighted by Gasteiger charge is -2.27. The van der Waals surface area contributed by atoms with E-state index in [-0.39, 0.29) is 11.9 Å². The fourth-order valence-corrected chi connectivity index (χ4v) is 2.89. The number of benzene rings is 2. The van der Waals surface area contributed by atoms with Crippen molar-refractivity contribution in [1.82, 2.24) is 4.90 Å². The molecule has 21 heavy (non-hydrogen) atoms. The normalized spacial score (nSPS) is 12.0. The van der Waals surface area contributed by atoms with Crippen LogP contribution < -0.4 is 0 Å². The summed E-state index contributed by atoms with van der Waals surface area (Å²) in [7, 11) is 1.80. The van der Waals surface area contributed by atoms with Crippen LogP contribution in [0.2, 0.25) is 5.02 Å². The molecule has 2 nitrogen and oxygen atoms in total. The van der Waals surface area contributed by atoms with E-state index in [4.69, 9.17) is 11.6 Å². The molecule has 0 aliphatic rings. The second-order valence-electron chi connectivity index (χ2n) is 5.03. The minimum Gasteiger partial charge on any atom is -0.335 e. The monoisotopic (exact) mass is 365 g/mol. The first-order valence-electron chi connectivity index (χ1n) is 6.70. The van der Waals surface area contributed by atoms with Crippen LogP contribution in [0.1, 0.15) is 34.5 Å². The molecular formula is C17H17BrClNO. The van der Waals surface area contributed by atoms with Crippen LogP contribution in [-0.2, 0) is 0 Å². The Balaban J connectivity index is 2.31. The van der Waals surface area contributed by atoms with Crippen LogP contribution in [-0.4, -0.2) is 17.9 Å². The van der Waals surface area contributed by atoms with Gasteiger partial charge in [0.1, 0.15) is 0 Å². The van der Waals surface area contributed by atoms with Crippen LogP contribution in [0.4, 0.5) is 0 Å². The summed E-state index contributed by atoms with van der Waals surface area (Å²) in [5, 5.41) is 0.676. The zero-order valence-corrected chi connectivity index (χ0v) is 14.6. The Morgan fingerprint density at radius 2 is 1.86 bits per heavy atom. The minimum atomic E-state index is -0.0930. The Hall–Kier alpha value is -1.32. The maximum Gasteiger partial charge on any atom is 0.254 e. The molecule has 110 valence electrons. The molecule has 0 aliphatic carbocycles. The number of amides is 1. The lowest BCUT2D eigenvalue weighted by atomic mass is 10.0. The Labute approximate surface area is 138 Å². The summed E-state index contributed by atoms with van der Waals surface area (Å²) in [5.41, 5.74) is 2.59. The van der Waals surface area contributed by atoms with Gasteiger partial charge in [-0.05, 0) is 43.2 Å². The standard InChI is InChI=1S/C17H17BrClNO/c1-11-13(8-6-9-15(11)18)17(21)20(3)12(2)14-7-4-5-10-16(14)19/h4-10,12H,1-3H3. The fourth-order valence-electron chi connectivity index (χ4n) is 2.23. The van der Waals surface area contributed by atoms with Crippen LogP contribution >= 0.6 is 27.5 Å². The van der Waals surface area contributed by atoms with Gasteiger partial charge in [-0.25, -0.2) is 0 Å². The van der Waals surface area contributed by atoms with Gasteiger partial charge in [0.15, 0.2) is 0 Å². The van der Waals surface area contributed by atoms with Crippen molar-refractivity contribution >= 4 is 33.4 Å². The van der Waals surface area contributed by atoms with Gasteiger partial charge >= 0.3 is 0 Å². The van der Waals surface area contributed by atoms with Crippen LogP contribution in [0.5, 0.6) is 0 Å². The van der Waals surface area contributed by atoms with Crippen molar-refractivity contribution in [2.75, 3.05) is 7.05 Å². The van der Waals surface area contributed by atoms with E-state index in [0.29, 0.717) is 10.6 Å². The van der Waals surface area contributed by atoms with E-state index in [0.717, 1.165) is 15.6 Å². The summed E-state index contributed by atoms with van der Waals surface area (Å²) in [6.45, 7) is 3.91. The highest BCUT2D eigenvalue weighted by atomic mass is 79.9. The predicted octanol–water partition coefficient (Wildman–Crippen LogP) is 5.24. The third-order valence-corrected chi connectivity index (χ3v) is 4.96. The molecule has 1 atom stereocenters. The van der Waals surface area contributed by atoms with Crippen molar-refractivity contribution in [3.8, 4) is 0 Å². The van der Waals surface area contributed by atoms with Crippen molar-refractivity contribution in [2.24, 2.45) is 0 Å². The van der Waals surface area contributed by atoms with Gasteiger partial charge in [0.25, 0.3) is 5.91 Å². The molecule has 0 heterocycles. The van der Waals surface area contributed by atoms with Crippen molar-refractivity contribution in [3.05, 3.63) is 68.7 Å². The molecule has 0 radical (unpaired) electrons. The number of hydrogen-bond acceptors (Lipinski definition) is 1. The van der Waals surface area contributed by atoms with E-state index in [1.165, 1.54) is 0 Å². The highest BCUT2D eigenvalue weighted by molar-refractivity contribution is 9.10. The third kappa shape index (κ3) is 3.30. The Bertz CT molecular complexity index is 672. The number of carbonyl (C=O) groups is 1. The molecule has 2 aromatic rings. The highest BCUT2D eigenvalue weighted by Crippen LogP contribution is 2.28. The Kier molecular flexibility index (Phi) is 5.07. The molecule has 0 spiro atoms. The number of rotatable bonds is 3. The topological polar surface area (TPSA) is 20.3 Å². The maximum absolute atomic E-state index is 12.7. The van der Waals surface area contributed by atoms with Gasteiger partial charge in [0, 0.05) is 22.1 Å². The first-order valence-corrected chi connectivity index (χ1v) is 7.87. The van der Waals surface area contributed by atoms with Gasteiger partial charge in [-0.3, -0.25) is 4.79 Å². The van der Waals surface area contributed by atoms with Gasteiger partial charge in [-0.15, -0.1) is 0 Å². The summed E-state index contributed by atoms with van der Waals surface area (Å²) in [5.74, 6) is -0.0128. The van der Waals surface area contributed by atoms with Crippen LogP contribution in [0.15, 0.2) is 46.9 Å². The van der Waals surface area contributed by atoms with Gasteiger partial charge in [0.05, 0.1) is 6.04 Å². The largest absolute Gasteiger partial charge is 0.335 e. The zero-order chi connectivity index (χ0) is 15.6. The summed E-state index contributed by atoms with van der Waals surface area (Å²) < 4.78 is 0.937. The van der Waals surface area contributed by atoms with Crippen molar-refractivity contribution in [1.29, 1.82) is 0 Å². The van der Waals surface area contributed by atoms with Crippen molar-refractivity contribution in [3.63, 3.8) is 0 Å². The molecule has 1 amide bonds. The molecule has 0 fully saturated rings. The maximum atomic E-state index is 12.7. The number of nitrogens with zero attached hydrogens (tertiary/aromatic N) is 1. The Morgan fingerprint density at radius 3 is 2.52 bits per heavy atom. The number of carbonyl (C=O) groups excluding carboxylic acids is 1. The molecule has 0 N–H and O–H groups in total. The van der Waals surface area contributed by atoms with Gasteiger partial charge < -0.3 is 4.90 Å². The summed E-state index contributed by atoms with van der Waals surface area (Å²) in [6.07, 6.45) is 0. The number of hydrogen-bond donors (Lipinski definition) is 0. The molecule has 2 rings (SSSR count). The average Bonchev–Trinajstić information content (AvgIpc) is 2.48. The molecular weight excluding hydrogens is 350 g/mol. The van der Waals surface area contributed by atoms with E-state index in [9.17, 15) is 4.79 Å². The first-order chi connectivity index (χ1) is 9.93. The van der Waals surface area contributed by atoms with E-state index in [1.807, 2.05) is 56.3 Å². The Morgan fingerprint density at radius 1 is 1.19 bits per heavy atom. The molecule has 0 aliphatic heterocycles. The first kappa shape index (κ1) is 16.1. The highest BCUT2D eigenvalue weighted by Gasteiger charge is 2.22. The SMILES string of the molecule is Cc1c(Br)cccc1C(=O)N(C)C(C)c1ccccc1Cl. The molecule has 4 heteroatoms. The second-order valence-corrected chi connectivity index (χ2v) is 6.29. The minimum absolute atomic E-state index is 0.0128. The average molecular weight is 367 g/mol. The number of halogens is 2. The molecule has 0 saturated heterocycles. The molecule has 1 unspecified atom stereocenters. The third-order valence-electron chi connectivity index (χ3n) is 3.75. The van der Waals surface area contributed by atoms with Crippen molar-refractivity contribution < 1.29 is 4.79 Å². The van der Waals surface area contributed by atoms with E-state index in [1.54, 1.807) is 11.9 Å². The summed E-state index contributed by atoms with van der Waals surface area (Å²) >= 11 is 9.69. The summed E-state index contributed by atoms with van der Waals surface area (Å²) in [6, 6.07) is 13.2. The molecule has 0 saturated carbocycles. The quantitative estimate of drug-likeness (QED) is 0.727. The predicted molar refractivity (Wildman–Crippen MR) is 90.8 cm³/mol. The molecule has 0 bridgehead atoms. The fraction of sp³-hybridized carbons (Fsp3) is 0.235. The van der Waals surface area contributed by atoms with Gasteiger partial charge in [-0.1, -0.05) is 51.8 Å². The van der Waals surface area contributed by atoms with Gasteiger partial charge in [0.2, 0.25) is 0 Å². The lowest BCUT2D eigenvalue weighted by Crippen LogP contribution is -2.30. The van der Waals surface area contributed by atoms with E-state index < -0.39 is 0 Å². The van der Waals surface area contributed by atoms with E-state index in [2.05, 4.69) is 15.9 Å². The zero-order valence-electron chi connectivity index (χ0n) is 12.2. The van der Waals surface area contributed by atoms with E-state index >= 15 is 0 Å². The lowest BCUT2D eigenvalue weighted by molar-refractivity contribution is 0.0742. The van der Waals surface area contributed by atoms with Crippen LogP contribution in [0, 0.1) is 6.92 Å². The van der Waals surface area contributed by atoms with Crippen molar-refractivity contribution in [2.45, 2.75) is 19.9 Å². The second kappa shape index (κ2) is 6.63. The molecule has 2 aromatic carbocycles. The molecule has 0 aromatic heterocycles.